The number of aromatic amines is 1. The van der Waals surface area contributed by atoms with E-state index in [1.165, 1.54) is 0 Å². The van der Waals surface area contributed by atoms with Crippen LogP contribution in [0.4, 0.5) is 5.69 Å². The average Bonchev–Trinajstić information content (AvgIpc) is 3.32. The zero-order valence-corrected chi connectivity index (χ0v) is 15.6. The number of nitrogens with zero attached hydrogens (tertiary/aromatic N) is 5. The second-order valence-electron chi connectivity index (χ2n) is 6.72. The lowest BCUT2D eigenvalue weighted by molar-refractivity contribution is -0.132. The molecule has 0 saturated heterocycles. The van der Waals surface area contributed by atoms with E-state index in [0.29, 0.717) is 44.0 Å². The van der Waals surface area contributed by atoms with Gasteiger partial charge in [0.25, 0.3) is 5.91 Å². The van der Waals surface area contributed by atoms with Gasteiger partial charge in [-0.2, -0.15) is 10.2 Å². The molecule has 0 aliphatic carbocycles. The summed E-state index contributed by atoms with van der Waals surface area (Å²) < 4.78 is 1.79. The summed E-state index contributed by atoms with van der Waals surface area (Å²) in [7, 11) is 0. The number of benzene rings is 1. The Labute approximate surface area is 161 Å². The number of carbonyl (C=O) groups is 2. The Hall–Kier alpha value is -3.49. The Kier molecular flexibility index (Phi) is 4.88. The van der Waals surface area contributed by atoms with Gasteiger partial charge in [-0.15, -0.1) is 0 Å². The topological polar surface area (TPSA) is 109 Å². The largest absolute Gasteiger partial charge is 0.335 e. The molecule has 1 aliphatic heterocycles. The number of amides is 2. The lowest BCUT2D eigenvalue weighted by atomic mass is 10.2. The molecule has 3 aromatic rings. The summed E-state index contributed by atoms with van der Waals surface area (Å²) in [6, 6.07) is 11.0. The number of hydrogen-bond acceptors (Lipinski definition) is 5. The van der Waals surface area contributed by atoms with E-state index in [2.05, 4.69) is 25.6 Å². The fourth-order valence-corrected chi connectivity index (χ4v) is 3.18. The number of aromatic nitrogens is 5. The fraction of sp³-hybridized carbons (Fsp3) is 0.316. The Bertz CT molecular complexity index is 993. The second kappa shape index (κ2) is 7.63. The highest BCUT2D eigenvalue weighted by molar-refractivity contribution is 6.02. The predicted molar refractivity (Wildman–Crippen MR) is 101 cm³/mol. The zero-order valence-electron chi connectivity index (χ0n) is 15.6. The summed E-state index contributed by atoms with van der Waals surface area (Å²) in [5.74, 6) is 1.18. The van der Waals surface area contributed by atoms with E-state index in [1.54, 1.807) is 15.6 Å². The van der Waals surface area contributed by atoms with E-state index in [0.717, 1.165) is 17.2 Å². The van der Waals surface area contributed by atoms with Crippen LogP contribution in [0, 0.1) is 6.92 Å². The average molecular weight is 379 g/mol. The highest BCUT2D eigenvalue weighted by Gasteiger charge is 2.24. The number of carbonyl (C=O) groups excluding carboxylic acids is 2. The molecule has 144 valence electrons. The van der Waals surface area contributed by atoms with Gasteiger partial charge >= 0.3 is 0 Å². The maximum Gasteiger partial charge on any atom is 0.276 e. The molecule has 2 amide bonds. The van der Waals surface area contributed by atoms with Crippen molar-refractivity contribution in [2.24, 2.45) is 0 Å². The Morgan fingerprint density at radius 1 is 1.21 bits per heavy atom. The van der Waals surface area contributed by atoms with Crippen molar-refractivity contribution in [1.82, 2.24) is 29.9 Å². The first-order valence-corrected chi connectivity index (χ1v) is 9.17. The first kappa shape index (κ1) is 17.9. The molecule has 2 N–H and O–H groups in total. The van der Waals surface area contributed by atoms with Crippen LogP contribution in [0.15, 0.2) is 36.4 Å². The number of anilines is 1. The molecule has 9 nitrogen and oxygen atoms in total. The summed E-state index contributed by atoms with van der Waals surface area (Å²) in [4.78, 5) is 31.0. The Morgan fingerprint density at radius 3 is 2.79 bits per heavy atom. The normalized spacial score (nSPS) is 13.2. The van der Waals surface area contributed by atoms with Crippen molar-refractivity contribution in [2.75, 3.05) is 11.9 Å². The highest BCUT2D eigenvalue weighted by atomic mass is 16.2. The summed E-state index contributed by atoms with van der Waals surface area (Å²) in [6.45, 7) is 3.41. The third-order valence-corrected chi connectivity index (χ3v) is 4.62. The smallest absolute Gasteiger partial charge is 0.276 e. The maximum absolute atomic E-state index is 12.5. The number of aryl methyl sites for hydroxylation is 2. The van der Waals surface area contributed by atoms with Crippen molar-refractivity contribution in [1.29, 1.82) is 0 Å². The number of hydrogen-bond donors (Lipinski definition) is 2. The zero-order chi connectivity index (χ0) is 19.5. The van der Waals surface area contributed by atoms with Gasteiger partial charge in [-0.05, 0) is 25.1 Å². The van der Waals surface area contributed by atoms with Crippen molar-refractivity contribution in [2.45, 2.75) is 32.9 Å². The van der Waals surface area contributed by atoms with E-state index >= 15 is 0 Å². The van der Waals surface area contributed by atoms with Crippen molar-refractivity contribution in [3.8, 4) is 0 Å². The Balaban J connectivity index is 1.37. The van der Waals surface area contributed by atoms with Crippen LogP contribution in [0.2, 0.25) is 0 Å². The van der Waals surface area contributed by atoms with E-state index in [4.69, 9.17) is 0 Å². The highest BCUT2D eigenvalue weighted by Crippen LogP contribution is 2.16. The van der Waals surface area contributed by atoms with Crippen molar-refractivity contribution in [3.63, 3.8) is 0 Å². The molecule has 1 aromatic carbocycles. The second-order valence-corrected chi connectivity index (χ2v) is 6.72. The van der Waals surface area contributed by atoms with Crippen molar-refractivity contribution < 1.29 is 9.59 Å². The lowest BCUT2D eigenvalue weighted by Crippen LogP contribution is -2.38. The quantitative estimate of drug-likeness (QED) is 0.699. The first-order chi connectivity index (χ1) is 13.6. The molecule has 1 aliphatic rings. The number of rotatable bonds is 5. The maximum atomic E-state index is 12.5. The fourth-order valence-electron chi connectivity index (χ4n) is 3.18. The van der Waals surface area contributed by atoms with Crippen LogP contribution in [0.1, 0.15) is 34.3 Å². The van der Waals surface area contributed by atoms with Gasteiger partial charge in [0.1, 0.15) is 5.82 Å². The van der Waals surface area contributed by atoms with E-state index in [9.17, 15) is 9.59 Å². The molecule has 3 heterocycles. The number of H-pyrrole nitrogens is 1. The van der Waals surface area contributed by atoms with Crippen LogP contribution < -0.4 is 5.32 Å². The molecule has 0 radical (unpaired) electrons. The lowest BCUT2D eigenvalue weighted by Gasteiger charge is -2.27. The number of para-hydroxylation sites is 1. The monoisotopic (exact) mass is 379 g/mol. The van der Waals surface area contributed by atoms with Gasteiger partial charge in [0.15, 0.2) is 11.5 Å². The predicted octanol–water partition coefficient (Wildman–Crippen LogP) is 1.54. The van der Waals surface area contributed by atoms with Crippen molar-refractivity contribution >= 4 is 17.5 Å². The third kappa shape index (κ3) is 3.93. The minimum absolute atomic E-state index is 0.0465. The van der Waals surface area contributed by atoms with Crippen LogP contribution >= 0.6 is 0 Å². The van der Waals surface area contributed by atoms with Crippen LogP contribution in [-0.4, -0.2) is 48.2 Å². The minimum Gasteiger partial charge on any atom is -0.335 e. The summed E-state index contributed by atoms with van der Waals surface area (Å²) in [6.07, 6.45) is 0.858. The molecule has 0 fully saturated rings. The van der Waals surface area contributed by atoms with Crippen LogP contribution in [0.3, 0.4) is 0 Å². The van der Waals surface area contributed by atoms with Gasteiger partial charge in [0.2, 0.25) is 5.91 Å². The van der Waals surface area contributed by atoms with Crippen LogP contribution in [0.25, 0.3) is 0 Å². The number of nitrogens with one attached hydrogen (secondary N) is 2. The molecular weight excluding hydrogens is 358 g/mol. The third-order valence-electron chi connectivity index (χ3n) is 4.62. The molecule has 0 bridgehead atoms. The number of fused-ring (bicyclic) bond motifs is 1. The van der Waals surface area contributed by atoms with Gasteiger partial charge in [0, 0.05) is 25.1 Å². The molecule has 0 unspecified atom stereocenters. The molecular formula is C19H21N7O2. The summed E-state index contributed by atoms with van der Waals surface area (Å²) in [5.41, 5.74) is 1.92. The molecule has 9 heteroatoms. The Morgan fingerprint density at radius 2 is 2.04 bits per heavy atom. The van der Waals surface area contributed by atoms with Crippen LogP contribution in [0.5, 0.6) is 0 Å². The van der Waals surface area contributed by atoms with Gasteiger partial charge in [-0.1, -0.05) is 18.2 Å². The van der Waals surface area contributed by atoms with Crippen molar-refractivity contribution in [3.05, 3.63) is 59.4 Å². The first-order valence-electron chi connectivity index (χ1n) is 9.17. The van der Waals surface area contributed by atoms with Gasteiger partial charge in [0.05, 0.1) is 18.8 Å². The van der Waals surface area contributed by atoms with Gasteiger partial charge < -0.3 is 10.2 Å². The summed E-state index contributed by atoms with van der Waals surface area (Å²) >= 11 is 0. The van der Waals surface area contributed by atoms with Gasteiger partial charge in [-0.25, -0.2) is 4.98 Å². The minimum atomic E-state index is -0.258. The molecule has 2 aromatic heterocycles. The standard InChI is InChI=1S/C19H21N7O2/c1-13-20-17(23-22-13)7-8-18(27)25-9-10-26-15(12-25)11-16(24-26)19(28)21-14-5-3-2-4-6-14/h2-6,11H,7-10,12H2,1H3,(H,21,28)(H,20,22,23). The van der Waals surface area contributed by atoms with Gasteiger partial charge in [-0.3, -0.25) is 19.4 Å². The van der Waals surface area contributed by atoms with E-state index in [-0.39, 0.29) is 11.8 Å². The SMILES string of the molecule is Cc1nc(CCC(=O)N2CCn3nc(C(=O)Nc4ccccc4)cc3C2)n[nH]1. The molecule has 0 saturated carbocycles. The summed E-state index contributed by atoms with van der Waals surface area (Å²) in [5, 5.41) is 14.0. The van der Waals surface area contributed by atoms with E-state index < -0.39 is 0 Å². The molecule has 28 heavy (non-hydrogen) atoms. The molecule has 0 atom stereocenters. The van der Waals surface area contributed by atoms with E-state index in [1.807, 2.05) is 37.3 Å². The van der Waals surface area contributed by atoms with Crippen LogP contribution in [-0.2, 0) is 24.3 Å². The molecule has 4 rings (SSSR count). The molecule has 0 spiro atoms.